The number of aliphatic carboxylic acids is 1. The summed E-state index contributed by atoms with van der Waals surface area (Å²) in [6.07, 6.45) is 6.27. The van der Waals surface area contributed by atoms with E-state index in [0.29, 0.717) is 22.9 Å². The Morgan fingerprint density at radius 1 is 1.27 bits per heavy atom. The fourth-order valence-corrected chi connectivity index (χ4v) is 2.86. The highest BCUT2D eigenvalue weighted by Gasteiger charge is 2.09. The number of nitrogens with one attached hydrogen (secondary N) is 1. The fraction of sp³-hybridized carbons (Fsp3) is 0.0625. The van der Waals surface area contributed by atoms with Gasteiger partial charge in [0.15, 0.2) is 11.6 Å². The van der Waals surface area contributed by atoms with E-state index in [2.05, 4.69) is 15.3 Å². The quantitative estimate of drug-likeness (QED) is 0.591. The van der Waals surface area contributed by atoms with Gasteiger partial charge in [-0.25, -0.2) is 18.5 Å². The molecule has 0 bridgehead atoms. The van der Waals surface area contributed by atoms with Crippen molar-refractivity contribution in [2.24, 2.45) is 5.14 Å². The maximum Gasteiger partial charge on any atom is 0.307 e. The summed E-state index contributed by atoms with van der Waals surface area (Å²) >= 11 is 0. The summed E-state index contributed by atoms with van der Waals surface area (Å²) in [5.41, 5.74) is 1.13. The number of primary sulfonamides is 1. The molecule has 0 fully saturated rings. The topological polar surface area (TPSA) is 140 Å². The maximum absolute atomic E-state index is 11.4. The Morgan fingerprint density at radius 3 is 2.81 bits per heavy atom. The number of nitrogens with zero attached hydrogens (tertiary/aromatic N) is 3. The molecule has 0 spiro atoms. The van der Waals surface area contributed by atoms with Crippen molar-refractivity contribution >= 4 is 27.5 Å². The average molecular weight is 373 g/mol. The Hall–Kier alpha value is -3.24. The summed E-state index contributed by atoms with van der Waals surface area (Å²) in [7, 11) is -3.80. The highest BCUT2D eigenvalue weighted by atomic mass is 32.2. The first-order valence-electron chi connectivity index (χ1n) is 7.42. The molecule has 134 valence electrons. The van der Waals surface area contributed by atoms with Crippen molar-refractivity contribution in [2.45, 2.75) is 11.3 Å². The van der Waals surface area contributed by atoms with Crippen LogP contribution in [-0.4, -0.2) is 34.0 Å². The van der Waals surface area contributed by atoms with E-state index in [1.54, 1.807) is 35.2 Å². The van der Waals surface area contributed by atoms with Crippen LogP contribution in [0.4, 0.5) is 11.5 Å². The molecular formula is C16H15N5O4S. The highest BCUT2D eigenvalue weighted by molar-refractivity contribution is 7.89. The molecule has 0 aliphatic carbocycles. The van der Waals surface area contributed by atoms with Gasteiger partial charge in [0.25, 0.3) is 0 Å². The Balaban J connectivity index is 1.84. The van der Waals surface area contributed by atoms with Gasteiger partial charge in [-0.2, -0.15) is 0 Å². The first-order valence-corrected chi connectivity index (χ1v) is 8.97. The number of aromatic nitrogens is 3. The second-order valence-electron chi connectivity index (χ2n) is 5.46. The first-order chi connectivity index (χ1) is 12.3. The molecule has 0 aliphatic heterocycles. The van der Waals surface area contributed by atoms with E-state index in [0.717, 1.165) is 0 Å². The van der Waals surface area contributed by atoms with Crippen LogP contribution in [0.1, 0.15) is 5.56 Å². The number of hydrogen-bond acceptors (Lipinski definition) is 6. The minimum absolute atomic E-state index is 0.0182. The monoisotopic (exact) mass is 373 g/mol. The van der Waals surface area contributed by atoms with Gasteiger partial charge in [0.2, 0.25) is 10.0 Å². The smallest absolute Gasteiger partial charge is 0.307 e. The molecule has 10 heteroatoms. The standard InChI is InChI=1S/C16H15N5O4S/c17-26(24,25)13-3-1-2-12(7-13)19-14-8-18-9-15(20-14)21-5-4-11(10-21)6-16(22)23/h1-5,7-10H,6H2,(H,19,20)(H,22,23)(H2,17,24,25). The molecule has 0 radical (unpaired) electrons. The summed E-state index contributed by atoms with van der Waals surface area (Å²) < 4.78 is 24.5. The van der Waals surface area contributed by atoms with Crippen LogP contribution in [0.2, 0.25) is 0 Å². The van der Waals surface area contributed by atoms with Gasteiger partial charge >= 0.3 is 5.97 Å². The molecule has 3 rings (SSSR count). The zero-order valence-electron chi connectivity index (χ0n) is 13.4. The Labute approximate surface area is 149 Å². The predicted molar refractivity (Wildman–Crippen MR) is 93.8 cm³/mol. The third-order valence-corrected chi connectivity index (χ3v) is 4.34. The molecule has 2 aromatic heterocycles. The third-order valence-electron chi connectivity index (χ3n) is 3.43. The molecule has 0 amide bonds. The van der Waals surface area contributed by atoms with Crippen molar-refractivity contribution in [3.8, 4) is 5.82 Å². The van der Waals surface area contributed by atoms with Gasteiger partial charge in [0.05, 0.1) is 23.7 Å². The van der Waals surface area contributed by atoms with Crippen molar-refractivity contribution in [3.63, 3.8) is 0 Å². The average Bonchev–Trinajstić information content (AvgIpc) is 3.02. The lowest BCUT2D eigenvalue weighted by Crippen LogP contribution is -2.12. The van der Waals surface area contributed by atoms with Gasteiger partial charge in [-0.15, -0.1) is 0 Å². The number of sulfonamides is 1. The number of rotatable bonds is 6. The van der Waals surface area contributed by atoms with E-state index < -0.39 is 16.0 Å². The van der Waals surface area contributed by atoms with Crippen LogP contribution in [0.3, 0.4) is 0 Å². The van der Waals surface area contributed by atoms with E-state index in [1.165, 1.54) is 24.5 Å². The third kappa shape index (κ3) is 4.23. The molecule has 0 atom stereocenters. The van der Waals surface area contributed by atoms with Crippen LogP contribution in [-0.2, 0) is 21.2 Å². The lowest BCUT2D eigenvalue weighted by molar-refractivity contribution is -0.136. The lowest BCUT2D eigenvalue weighted by atomic mass is 10.2. The minimum atomic E-state index is -3.80. The highest BCUT2D eigenvalue weighted by Crippen LogP contribution is 2.19. The molecule has 2 heterocycles. The van der Waals surface area contributed by atoms with Crippen LogP contribution in [0.5, 0.6) is 0 Å². The number of carbonyl (C=O) groups is 1. The van der Waals surface area contributed by atoms with Crippen LogP contribution >= 0.6 is 0 Å². The van der Waals surface area contributed by atoms with E-state index in [9.17, 15) is 13.2 Å². The number of carboxylic acids is 1. The zero-order valence-corrected chi connectivity index (χ0v) is 14.2. The van der Waals surface area contributed by atoms with Crippen molar-refractivity contribution in [1.29, 1.82) is 0 Å². The van der Waals surface area contributed by atoms with Crippen molar-refractivity contribution in [1.82, 2.24) is 14.5 Å². The molecule has 9 nitrogen and oxygen atoms in total. The largest absolute Gasteiger partial charge is 0.481 e. The first kappa shape index (κ1) is 17.6. The van der Waals surface area contributed by atoms with Crippen LogP contribution < -0.4 is 10.5 Å². The SMILES string of the molecule is NS(=O)(=O)c1cccc(Nc2cncc(-n3ccc(CC(=O)O)c3)n2)c1. The molecule has 3 aromatic rings. The summed E-state index contributed by atoms with van der Waals surface area (Å²) in [5, 5.41) is 16.9. The molecule has 0 saturated heterocycles. The maximum atomic E-state index is 11.4. The van der Waals surface area contributed by atoms with Crippen molar-refractivity contribution in [3.05, 3.63) is 60.7 Å². The second kappa shape index (κ2) is 6.94. The van der Waals surface area contributed by atoms with Crippen LogP contribution in [0, 0.1) is 0 Å². The summed E-state index contributed by atoms with van der Waals surface area (Å²) in [6, 6.07) is 7.70. The number of carboxylic acid groups (broad SMARTS) is 1. The molecule has 0 saturated carbocycles. The molecule has 1 aromatic carbocycles. The fourth-order valence-electron chi connectivity index (χ4n) is 2.30. The Bertz CT molecular complexity index is 1060. The summed E-state index contributed by atoms with van der Waals surface area (Å²) in [6.45, 7) is 0. The van der Waals surface area contributed by atoms with Gasteiger partial charge in [0, 0.05) is 18.1 Å². The number of hydrogen-bond donors (Lipinski definition) is 3. The van der Waals surface area contributed by atoms with E-state index in [4.69, 9.17) is 10.2 Å². The van der Waals surface area contributed by atoms with Gasteiger partial charge in [-0.1, -0.05) is 6.07 Å². The van der Waals surface area contributed by atoms with Crippen LogP contribution in [0.25, 0.3) is 5.82 Å². The number of benzene rings is 1. The normalized spacial score (nSPS) is 11.3. The molecule has 0 unspecified atom stereocenters. The Kier molecular flexibility index (Phi) is 4.69. The lowest BCUT2D eigenvalue weighted by Gasteiger charge is -2.08. The molecule has 4 N–H and O–H groups in total. The van der Waals surface area contributed by atoms with Crippen molar-refractivity contribution < 1.29 is 18.3 Å². The predicted octanol–water partition coefficient (Wildman–Crippen LogP) is 1.29. The molecule has 0 aliphatic rings. The van der Waals surface area contributed by atoms with E-state index in [1.807, 2.05) is 0 Å². The number of anilines is 2. The van der Waals surface area contributed by atoms with Gasteiger partial charge < -0.3 is 15.0 Å². The van der Waals surface area contributed by atoms with Crippen molar-refractivity contribution in [2.75, 3.05) is 5.32 Å². The van der Waals surface area contributed by atoms with E-state index >= 15 is 0 Å². The summed E-state index contributed by atoms with van der Waals surface area (Å²) in [4.78, 5) is 19.2. The second-order valence-corrected chi connectivity index (χ2v) is 7.02. The minimum Gasteiger partial charge on any atom is -0.481 e. The van der Waals surface area contributed by atoms with Gasteiger partial charge in [0.1, 0.15) is 0 Å². The van der Waals surface area contributed by atoms with Gasteiger partial charge in [-0.3, -0.25) is 9.78 Å². The summed E-state index contributed by atoms with van der Waals surface area (Å²) in [5.74, 6) is -0.0456. The van der Waals surface area contributed by atoms with Crippen LogP contribution in [0.15, 0.2) is 60.0 Å². The number of nitrogens with two attached hydrogens (primary N) is 1. The molecular weight excluding hydrogens is 358 g/mol. The zero-order chi connectivity index (χ0) is 18.7. The molecule has 26 heavy (non-hydrogen) atoms. The Morgan fingerprint density at radius 2 is 2.08 bits per heavy atom. The van der Waals surface area contributed by atoms with E-state index in [-0.39, 0.29) is 11.3 Å². The van der Waals surface area contributed by atoms with Gasteiger partial charge in [-0.05, 0) is 29.8 Å².